The van der Waals surface area contributed by atoms with Gasteiger partial charge in [-0.2, -0.15) is 5.10 Å². The lowest BCUT2D eigenvalue weighted by Gasteiger charge is -2.22. The standard InChI is InChI=1S/C13H21N3O5/c1-4-20-10(17)13(7-9(3)21-11(13)18)6-5-8(2)15-16-12(14)19/h9H,4-7H2,1-3H3,(H3,14,16,19)/b15-8+/t9-,13+/m0/s1. The molecule has 1 aliphatic rings. The topological polar surface area (TPSA) is 120 Å². The van der Waals surface area contributed by atoms with Crippen molar-refractivity contribution in [1.82, 2.24) is 5.43 Å². The van der Waals surface area contributed by atoms with Gasteiger partial charge in [0, 0.05) is 12.1 Å². The number of hydrazone groups is 1. The number of nitrogens with zero attached hydrogens (tertiary/aromatic N) is 1. The van der Waals surface area contributed by atoms with Gasteiger partial charge in [0.1, 0.15) is 6.10 Å². The summed E-state index contributed by atoms with van der Waals surface area (Å²) >= 11 is 0. The van der Waals surface area contributed by atoms with Crippen LogP contribution in [0, 0.1) is 5.41 Å². The molecule has 2 amide bonds. The van der Waals surface area contributed by atoms with Crippen molar-refractivity contribution >= 4 is 23.7 Å². The lowest BCUT2D eigenvalue weighted by Crippen LogP contribution is -2.38. The van der Waals surface area contributed by atoms with Crippen molar-refractivity contribution in [3.8, 4) is 0 Å². The molecule has 0 aromatic heterocycles. The number of carbonyl (C=O) groups is 3. The zero-order valence-corrected chi connectivity index (χ0v) is 12.5. The van der Waals surface area contributed by atoms with E-state index in [1.807, 2.05) is 0 Å². The van der Waals surface area contributed by atoms with Crippen LogP contribution in [0.25, 0.3) is 0 Å². The fraction of sp³-hybridized carbons (Fsp3) is 0.692. The molecule has 118 valence electrons. The SMILES string of the molecule is CCOC(=O)[C@@]1(CC/C(C)=N/NC(N)=O)C[C@H](C)OC1=O. The van der Waals surface area contributed by atoms with Gasteiger partial charge in [0.2, 0.25) is 0 Å². The monoisotopic (exact) mass is 299 g/mol. The molecule has 1 saturated heterocycles. The van der Waals surface area contributed by atoms with Crippen molar-refractivity contribution in [2.24, 2.45) is 16.3 Å². The second-order valence-electron chi connectivity index (χ2n) is 5.05. The third-order valence-corrected chi connectivity index (χ3v) is 3.27. The molecule has 8 nitrogen and oxygen atoms in total. The normalized spacial score (nSPS) is 25.4. The van der Waals surface area contributed by atoms with Crippen LogP contribution in [-0.2, 0) is 19.1 Å². The number of hydrogen-bond donors (Lipinski definition) is 2. The summed E-state index contributed by atoms with van der Waals surface area (Å²) in [5.41, 5.74) is 6.26. The van der Waals surface area contributed by atoms with Crippen molar-refractivity contribution in [2.75, 3.05) is 6.61 Å². The minimum absolute atomic E-state index is 0.193. The Morgan fingerprint density at radius 3 is 2.71 bits per heavy atom. The number of cyclic esters (lactones) is 1. The minimum atomic E-state index is -1.29. The van der Waals surface area contributed by atoms with Gasteiger partial charge in [-0.15, -0.1) is 0 Å². The number of esters is 2. The zero-order chi connectivity index (χ0) is 16.0. The van der Waals surface area contributed by atoms with E-state index in [9.17, 15) is 14.4 Å². The number of primary amides is 1. The molecule has 8 heteroatoms. The lowest BCUT2D eigenvalue weighted by molar-refractivity contribution is -0.165. The summed E-state index contributed by atoms with van der Waals surface area (Å²) in [4.78, 5) is 34.8. The van der Waals surface area contributed by atoms with Gasteiger partial charge < -0.3 is 15.2 Å². The van der Waals surface area contributed by atoms with E-state index >= 15 is 0 Å². The van der Waals surface area contributed by atoms with Gasteiger partial charge in [-0.3, -0.25) is 9.59 Å². The smallest absolute Gasteiger partial charge is 0.332 e. The molecular formula is C13H21N3O5. The Morgan fingerprint density at radius 1 is 1.57 bits per heavy atom. The van der Waals surface area contributed by atoms with Crippen molar-refractivity contribution in [2.45, 2.75) is 46.1 Å². The van der Waals surface area contributed by atoms with Crippen molar-refractivity contribution < 1.29 is 23.9 Å². The van der Waals surface area contributed by atoms with E-state index in [0.29, 0.717) is 12.1 Å². The van der Waals surface area contributed by atoms with Gasteiger partial charge in [0.05, 0.1) is 6.61 Å². The quantitative estimate of drug-likeness (QED) is 0.323. The number of nitrogens with two attached hydrogens (primary N) is 1. The Morgan fingerprint density at radius 2 is 2.24 bits per heavy atom. The molecule has 0 radical (unpaired) electrons. The average Bonchev–Trinajstić information content (AvgIpc) is 2.69. The van der Waals surface area contributed by atoms with E-state index in [1.54, 1.807) is 20.8 Å². The molecule has 1 heterocycles. The van der Waals surface area contributed by atoms with Gasteiger partial charge in [-0.1, -0.05) is 0 Å². The Bertz CT molecular complexity index is 463. The van der Waals surface area contributed by atoms with Crippen LogP contribution in [0.4, 0.5) is 4.79 Å². The molecule has 0 aromatic rings. The second kappa shape index (κ2) is 7.05. The van der Waals surface area contributed by atoms with Crippen LogP contribution in [0.5, 0.6) is 0 Å². The highest BCUT2D eigenvalue weighted by Gasteiger charge is 2.54. The van der Waals surface area contributed by atoms with Crippen molar-refractivity contribution in [3.05, 3.63) is 0 Å². The number of ether oxygens (including phenoxy) is 2. The van der Waals surface area contributed by atoms with E-state index in [4.69, 9.17) is 15.2 Å². The van der Waals surface area contributed by atoms with Crippen LogP contribution in [-0.4, -0.2) is 36.4 Å². The molecule has 1 rings (SSSR count). The highest BCUT2D eigenvalue weighted by atomic mass is 16.6. The first-order chi connectivity index (χ1) is 9.81. The number of rotatable bonds is 6. The highest BCUT2D eigenvalue weighted by Crippen LogP contribution is 2.39. The van der Waals surface area contributed by atoms with Crippen LogP contribution in [0.3, 0.4) is 0 Å². The lowest BCUT2D eigenvalue weighted by atomic mass is 9.80. The summed E-state index contributed by atoms with van der Waals surface area (Å²) in [6.45, 7) is 5.27. The molecule has 0 aromatic carbocycles. The first kappa shape index (κ1) is 16.9. The second-order valence-corrected chi connectivity index (χ2v) is 5.05. The maximum Gasteiger partial charge on any atom is 0.332 e. The van der Waals surface area contributed by atoms with E-state index in [2.05, 4.69) is 10.5 Å². The molecular weight excluding hydrogens is 278 g/mol. The van der Waals surface area contributed by atoms with Crippen LogP contribution < -0.4 is 11.2 Å². The van der Waals surface area contributed by atoms with Crippen molar-refractivity contribution in [3.63, 3.8) is 0 Å². The highest BCUT2D eigenvalue weighted by molar-refractivity contribution is 6.02. The Balaban J connectivity index is 2.80. The first-order valence-electron chi connectivity index (χ1n) is 6.78. The fourth-order valence-electron chi connectivity index (χ4n) is 2.25. The summed E-state index contributed by atoms with van der Waals surface area (Å²) in [7, 11) is 0. The zero-order valence-electron chi connectivity index (χ0n) is 12.5. The summed E-state index contributed by atoms with van der Waals surface area (Å²) < 4.78 is 10.1. The van der Waals surface area contributed by atoms with Crippen LogP contribution in [0.15, 0.2) is 5.10 Å². The summed E-state index contributed by atoms with van der Waals surface area (Å²) in [5, 5.41) is 3.75. The Hall–Kier alpha value is -2.12. The minimum Gasteiger partial charge on any atom is -0.465 e. The summed E-state index contributed by atoms with van der Waals surface area (Å²) in [6, 6.07) is -0.775. The maximum absolute atomic E-state index is 12.1. The average molecular weight is 299 g/mol. The molecule has 21 heavy (non-hydrogen) atoms. The van der Waals surface area contributed by atoms with E-state index in [0.717, 1.165) is 0 Å². The van der Waals surface area contributed by atoms with Crippen molar-refractivity contribution in [1.29, 1.82) is 0 Å². The number of hydrogen-bond acceptors (Lipinski definition) is 6. The van der Waals surface area contributed by atoms with Crippen LogP contribution in [0.2, 0.25) is 0 Å². The predicted octanol–water partition coefficient (Wildman–Crippen LogP) is 0.696. The molecule has 0 unspecified atom stereocenters. The Labute approximate surface area is 123 Å². The molecule has 1 fully saturated rings. The van der Waals surface area contributed by atoms with Crippen LogP contribution >= 0.6 is 0 Å². The predicted molar refractivity (Wildman–Crippen MR) is 74.3 cm³/mol. The number of urea groups is 1. The van der Waals surface area contributed by atoms with Crippen LogP contribution in [0.1, 0.15) is 40.0 Å². The van der Waals surface area contributed by atoms with E-state index in [1.165, 1.54) is 0 Å². The fourth-order valence-corrected chi connectivity index (χ4v) is 2.25. The third kappa shape index (κ3) is 4.17. The first-order valence-corrected chi connectivity index (χ1v) is 6.78. The van der Waals surface area contributed by atoms with E-state index < -0.39 is 23.4 Å². The molecule has 0 bridgehead atoms. The Kier molecular flexibility index (Phi) is 5.69. The molecule has 0 aliphatic carbocycles. The largest absolute Gasteiger partial charge is 0.465 e. The van der Waals surface area contributed by atoms with Gasteiger partial charge in [-0.25, -0.2) is 10.2 Å². The maximum atomic E-state index is 12.1. The number of nitrogens with one attached hydrogen (secondary N) is 1. The summed E-state index contributed by atoms with van der Waals surface area (Å²) in [5.74, 6) is -1.14. The van der Waals surface area contributed by atoms with E-state index in [-0.39, 0.29) is 25.6 Å². The molecule has 2 atom stereocenters. The van der Waals surface area contributed by atoms with Gasteiger partial charge in [0.15, 0.2) is 5.41 Å². The number of amides is 2. The summed E-state index contributed by atoms with van der Waals surface area (Å²) in [6.07, 6.45) is 0.496. The molecule has 0 saturated carbocycles. The molecule has 3 N–H and O–H groups in total. The van der Waals surface area contributed by atoms with Gasteiger partial charge >= 0.3 is 18.0 Å². The van der Waals surface area contributed by atoms with Gasteiger partial charge in [-0.05, 0) is 33.6 Å². The number of carbonyl (C=O) groups excluding carboxylic acids is 3. The molecule has 1 aliphatic heterocycles. The van der Waals surface area contributed by atoms with Gasteiger partial charge in [0.25, 0.3) is 0 Å². The molecule has 0 spiro atoms. The third-order valence-electron chi connectivity index (χ3n) is 3.27.